The molecule has 1 aromatic carbocycles. The van der Waals surface area contributed by atoms with Gasteiger partial charge >= 0.3 is 0 Å². The number of benzene rings is 1. The lowest BCUT2D eigenvalue weighted by Gasteiger charge is -2.21. The number of carbonyl (C=O) groups is 1. The van der Waals surface area contributed by atoms with Gasteiger partial charge in [-0.25, -0.2) is 0 Å². The molecule has 1 heteroatoms. The van der Waals surface area contributed by atoms with E-state index in [-0.39, 0.29) is 0 Å². The first kappa shape index (κ1) is 13.0. The Morgan fingerprint density at radius 2 is 2.00 bits per heavy atom. The van der Waals surface area contributed by atoms with Crippen LogP contribution in [0, 0.1) is 12.8 Å². The highest BCUT2D eigenvalue weighted by molar-refractivity contribution is 5.75. The first-order chi connectivity index (χ1) is 7.50. The van der Waals surface area contributed by atoms with Gasteiger partial charge in [0.25, 0.3) is 0 Å². The van der Waals surface area contributed by atoms with Crippen LogP contribution in [0.3, 0.4) is 0 Å². The Balaban J connectivity index is 2.81. The van der Waals surface area contributed by atoms with E-state index in [1.54, 1.807) is 6.92 Å². The summed E-state index contributed by atoms with van der Waals surface area (Å²) in [5, 5.41) is 0. The topological polar surface area (TPSA) is 17.1 Å². The molecular weight excluding hydrogens is 196 g/mol. The summed E-state index contributed by atoms with van der Waals surface area (Å²) in [4.78, 5) is 11.1. The molecule has 0 aromatic heterocycles. The molecular formula is C15H22O. The van der Waals surface area contributed by atoms with E-state index in [1.165, 1.54) is 11.1 Å². The third-order valence-corrected chi connectivity index (χ3v) is 3.08. The first-order valence-corrected chi connectivity index (χ1v) is 6.06. The van der Waals surface area contributed by atoms with Crippen LogP contribution in [0.1, 0.15) is 50.7 Å². The largest absolute Gasteiger partial charge is 0.300 e. The molecule has 1 nitrogen and oxygen atoms in total. The van der Waals surface area contributed by atoms with E-state index in [2.05, 4.69) is 45.0 Å². The lowest BCUT2D eigenvalue weighted by molar-refractivity contribution is -0.117. The first-order valence-electron chi connectivity index (χ1n) is 6.06. The minimum Gasteiger partial charge on any atom is -0.300 e. The maximum atomic E-state index is 11.1. The second-order valence-corrected chi connectivity index (χ2v) is 5.01. The van der Waals surface area contributed by atoms with Crippen molar-refractivity contribution in [2.24, 2.45) is 5.92 Å². The van der Waals surface area contributed by atoms with Crippen molar-refractivity contribution in [3.63, 3.8) is 0 Å². The lowest BCUT2D eigenvalue weighted by Crippen LogP contribution is -2.08. The average molecular weight is 218 g/mol. The van der Waals surface area contributed by atoms with E-state index in [9.17, 15) is 4.79 Å². The Hall–Kier alpha value is -1.11. The third kappa shape index (κ3) is 3.80. The summed E-state index contributed by atoms with van der Waals surface area (Å²) in [6.45, 7) is 8.25. The highest BCUT2D eigenvalue weighted by atomic mass is 16.1. The standard InChI is InChI=1S/C15H22O/c1-11(2)15(9-8-13(4)16)14-7-5-6-12(3)10-14/h5-7,10-11,15H,8-9H2,1-4H3. The van der Waals surface area contributed by atoms with Crippen molar-refractivity contribution in [3.8, 4) is 0 Å². The maximum Gasteiger partial charge on any atom is 0.129 e. The number of Topliss-reactive ketones (excluding diaryl/α,β-unsaturated/α-hetero) is 1. The van der Waals surface area contributed by atoms with Crippen LogP contribution in [0.5, 0.6) is 0 Å². The van der Waals surface area contributed by atoms with Crippen molar-refractivity contribution < 1.29 is 4.79 Å². The van der Waals surface area contributed by atoms with Gasteiger partial charge in [-0.2, -0.15) is 0 Å². The zero-order valence-electron chi connectivity index (χ0n) is 10.8. The molecule has 0 fully saturated rings. The van der Waals surface area contributed by atoms with Crippen LogP contribution in [-0.2, 0) is 4.79 Å². The number of hydrogen-bond acceptors (Lipinski definition) is 1. The molecule has 1 unspecified atom stereocenters. The maximum absolute atomic E-state index is 11.1. The van der Waals surface area contributed by atoms with E-state index in [0.717, 1.165) is 6.42 Å². The van der Waals surface area contributed by atoms with E-state index >= 15 is 0 Å². The van der Waals surface area contributed by atoms with Crippen LogP contribution in [0.25, 0.3) is 0 Å². The molecule has 1 atom stereocenters. The Labute approximate surface area is 98.9 Å². The quantitative estimate of drug-likeness (QED) is 0.727. The van der Waals surface area contributed by atoms with Gasteiger partial charge in [0.15, 0.2) is 0 Å². The van der Waals surface area contributed by atoms with Gasteiger partial charge in [-0.05, 0) is 37.7 Å². The van der Waals surface area contributed by atoms with E-state index < -0.39 is 0 Å². The highest BCUT2D eigenvalue weighted by Crippen LogP contribution is 2.29. The molecule has 0 aliphatic rings. The van der Waals surface area contributed by atoms with E-state index in [4.69, 9.17) is 0 Å². The normalized spacial score (nSPS) is 12.8. The van der Waals surface area contributed by atoms with Crippen molar-refractivity contribution in [3.05, 3.63) is 35.4 Å². The fraction of sp³-hybridized carbons (Fsp3) is 0.533. The lowest BCUT2D eigenvalue weighted by atomic mass is 9.84. The molecule has 0 spiro atoms. The zero-order chi connectivity index (χ0) is 12.1. The molecule has 88 valence electrons. The molecule has 0 heterocycles. The highest BCUT2D eigenvalue weighted by Gasteiger charge is 2.16. The number of rotatable bonds is 5. The Morgan fingerprint density at radius 3 is 2.50 bits per heavy atom. The molecule has 0 aliphatic carbocycles. The molecule has 1 rings (SSSR count). The summed E-state index contributed by atoms with van der Waals surface area (Å²) in [6, 6.07) is 8.64. The third-order valence-electron chi connectivity index (χ3n) is 3.08. The molecule has 0 aliphatic heterocycles. The molecule has 0 amide bonds. The summed E-state index contributed by atoms with van der Waals surface area (Å²) in [7, 11) is 0. The van der Waals surface area contributed by atoms with Gasteiger partial charge in [-0.3, -0.25) is 0 Å². The van der Waals surface area contributed by atoms with Gasteiger partial charge in [-0.15, -0.1) is 0 Å². The monoisotopic (exact) mass is 218 g/mol. The summed E-state index contributed by atoms with van der Waals surface area (Å²) in [5.74, 6) is 1.38. The van der Waals surface area contributed by atoms with Gasteiger partial charge in [0.05, 0.1) is 0 Å². The van der Waals surface area contributed by atoms with Crippen molar-refractivity contribution in [2.45, 2.75) is 46.5 Å². The van der Waals surface area contributed by atoms with Crippen LogP contribution >= 0.6 is 0 Å². The minimum atomic E-state index is 0.290. The molecule has 0 radical (unpaired) electrons. The average Bonchev–Trinajstić information content (AvgIpc) is 2.17. The van der Waals surface area contributed by atoms with Gasteiger partial charge in [0, 0.05) is 6.42 Å². The molecule has 0 saturated carbocycles. The zero-order valence-corrected chi connectivity index (χ0v) is 10.8. The SMILES string of the molecule is CC(=O)CCC(c1cccc(C)c1)C(C)C. The molecule has 1 aromatic rings. The van der Waals surface area contributed by atoms with Crippen molar-refractivity contribution in [1.29, 1.82) is 0 Å². The van der Waals surface area contributed by atoms with E-state index in [0.29, 0.717) is 24.0 Å². The van der Waals surface area contributed by atoms with Crippen LogP contribution < -0.4 is 0 Å². The second-order valence-electron chi connectivity index (χ2n) is 5.01. The number of ketones is 1. The van der Waals surface area contributed by atoms with E-state index in [1.807, 2.05) is 0 Å². The summed E-state index contributed by atoms with van der Waals surface area (Å²) < 4.78 is 0. The molecule has 0 saturated heterocycles. The number of hydrogen-bond donors (Lipinski definition) is 0. The summed E-state index contributed by atoms with van der Waals surface area (Å²) >= 11 is 0. The van der Waals surface area contributed by atoms with Crippen LogP contribution in [0.15, 0.2) is 24.3 Å². The Morgan fingerprint density at radius 1 is 1.31 bits per heavy atom. The van der Waals surface area contributed by atoms with Crippen molar-refractivity contribution >= 4 is 5.78 Å². The molecule has 0 N–H and O–H groups in total. The predicted molar refractivity (Wildman–Crippen MR) is 68.7 cm³/mol. The number of carbonyl (C=O) groups excluding carboxylic acids is 1. The fourth-order valence-corrected chi connectivity index (χ4v) is 2.14. The second kappa shape index (κ2) is 5.83. The van der Waals surface area contributed by atoms with Crippen molar-refractivity contribution in [2.75, 3.05) is 0 Å². The smallest absolute Gasteiger partial charge is 0.129 e. The van der Waals surface area contributed by atoms with Crippen molar-refractivity contribution in [1.82, 2.24) is 0 Å². The summed E-state index contributed by atoms with van der Waals surface area (Å²) in [6.07, 6.45) is 1.66. The summed E-state index contributed by atoms with van der Waals surface area (Å²) in [5.41, 5.74) is 2.67. The van der Waals surface area contributed by atoms with Gasteiger partial charge in [-0.1, -0.05) is 43.7 Å². The van der Waals surface area contributed by atoms with Crippen LogP contribution in [0.2, 0.25) is 0 Å². The Bertz CT molecular complexity index is 352. The van der Waals surface area contributed by atoms with Crippen LogP contribution in [-0.4, -0.2) is 5.78 Å². The van der Waals surface area contributed by atoms with Crippen LogP contribution in [0.4, 0.5) is 0 Å². The number of aryl methyl sites for hydroxylation is 1. The molecule has 0 bridgehead atoms. The Kier molecular flexibility index (Phi) is 4.72. The minimum absolute atomic E-state index is 0.290. The van der Waals surface area contributed by atoms with Gasteiger partial charge < -0.3 is 4.79 Å². The van der Waals surface area contributed by atoms with Gasteiger partial charge in [0.1, 0.15) is 5.78 Å². The predicted octanol–water partition coefficient (Wildman–Crippen LogP) is 4.10. The fourth-order valence-electron chi connectivity index (χ4n) is 2.14. The van der Waals surface area contributed by atoms with Gasteiger partial charge in [0.2, 0.25) is 0 Å². The molecule has 16 heavy (non-hydrogen) atoms.